The molecule has 0 spiro atoms. The molecule has 44 N–H and O–H groups in total. The monoisotopic (exact) mass is 2030 g/mol. The van der Waals surface area contributed by atoms with Gasteiger partial charge in [-0.3, -0.25) is 28.8 Å². The molecule has 0 aromatic carbocycles. The number of carboxylic acids is 6. The van der Waals surface area contributed by atoms with Crippen molar-refractivity contribution in [3.63, 3.8) is 0 Å². The number of carboxylic acid groups (broad SMARTS) is 6. The maximum absolute atomic E-state index is 10.6. The van der Waals surface area contributed by atoms with E-state index >= 15 is 0 Å². The van der Waals surface area contributed by atoms with Gasteiger partial charge in [-0.25, -0.2) is 0 Å². The molecule has 0 heterocycles. The van der Waals surface area contributed by atoms with E-state index in [9.17, 15) is 28.8 Å². The summed E-state index contributed by atoms with van der Waals surface area (Å²) in [5, 5.41) is 67.9. The second-order valence-electron chi connectivity index (χ2n) is 24.4. The number of carbonyl (C=O) groups is 6. The van der Waals surface area contributed by atoms with Crippen LogP contribution in [0.1, 0.15) is 95.9 Å². The van der Waals surface area contributed by atoms with Gasteiger partial charge in [0.05, 0.1) is 26.1 Å². The molecular formula is C61H150N18O14S21. The van der Waals surface area contributed by atoms with E-state index in [2.05, 4.69) is 40.3 Å². The zero-order valence-corrected chi connectivity index (χ0v) is 85.8. The van der Waals surface area contributed by atoms with Gasteiger partial charge in [-0.1, -0.05) is 216 Å². The lowest BCUT2D eigenvalue weighted by Gasteiger charge is -2.29. The smallest absolute Gasteiger partial charge is 0.321 e. The van der Waals surface area contributed by atoms with Crippen LogP contribution in [0.4, 0.5) is 0 Å². The lowest BCUT2D eigenvalue weighted by molar-refractivity contribution is -0.139. The van der Waals surface area contributed by atoms with Crippen molar-refractivity contribution in [2.45, 2.75) is 155 Å². The fourth-order valence-corrected chi connectivity index (χ4v) is 25.5. The van der Waals surface area contributed by atoms with E-state index < -0.39 is 57.4 Å². The van der Waals surface area contributed by atoms with Crippen molar-refractivity contribution in [1.29, 1.82) is 0 Å². The Bertz CT molecular complexity index is 2090. The Hall–Kier alpha value is 3.37. The molecule has 0 radical (unpaired) electrons. The van der Waals surface area contributed by atoms with E-state index in [1.165, 1.54) is 64.8 Å². The summed E-state index contributed by atoms with van der Waals surface area (Å²) < 4.78 is -1.27. The molecule has 0 fully saturated rings. The molecule has 0 aliphatic heterocycles. The third-order valence-corrected chi connectivity index (χ3v) is 41.0. The Kier molecular flexibility index (Phi) is 123. The molecule has 0 saturated heterocycles. The molecule has 694 valence electrons. The molecule has 32 nitrogen and oxygen atoms in total. The predicted octanol–water partition coefficient (Wildman–Crippen LogP) is 5.64. The van der Waals surface area contributed by atoms with Crippen LogP contribution in [0.3, 0.4) is 0 Å². The van der Waals surface area contributed by atoms with Gasteiger partial charge in [0.1, 0.15) is 22.6 Å². The average molecular weight is 2030 g/mol. The average Bonchev–Trinajstić information content (AvgIpc) is 0.854. The lowest BCUT2D eigenvalue weighted by atomic mass is 10.0. The zero-order chi connectivity index (χ0) is 91.1. The van der Waals surface area contributed by atoms with Crippen molar-refractivity contribution >= 4 is 264 Å². The fraction of sp³-hybridized carbons (Fsp3) is 0.902. The topological polar surface area (TPSA) is 733 Å². The Labute approximate surface area is 768 Å². The van der Waals surface area contributed by atoms with Gasteiger partial charge in [0.15, 0.2) is 0 Å². The van der Waals surface area contributed by atoms with Crippen molar-refractivity contribution in [1.82, 2.24) is 0 Å². The minimum atomic E-state index is -0.967. The van der Waals surface area contributed by atoms with Crippen LogP contribution >= 0.6 is 229 Å². The standard InChI is InChI=1S/C8H18N2O2S2.C7H19N3S2.C7H16N2O2S2.C7H18N2OS2.C6H16N2S2.C6H13NO2S2.C5H12N2O2S2.C5H11NO2S2.C4H9NO2S2.C4H11NOS2.C2H7NS/c1-8(2,14-13-4-3-9)6(10)5-7(11)12;1-7(2,6(10)5-9)12-11-4-3-8;1-7(2,5(9)6(10)11)13-12-4-3-8;1-7(2,6(9)5-10)12-11-4-3-8;1-6(2,5-8)10-9-4-3-7;1-6(2,5(8)9)11-10-4-3-7;6-1-2-10-11-3-4(7)5(8)9;6-2-4-10-9-3-1-5(7)8;5-1-2-8-9-3-4(6)7;5-1-3-7-8-4-2-6;3-1-2-4/h6H,3-5,9-10H2,1-2H3,(H,11,12);6H,3-5,8-10H2,1-2H3;5H,3-4,8-9H2,1-2H3,(H,10,11);6,10H,3-5,8-9H2,1-2H3;3-5,7-8H2,1-2H3;3-4,7H2,1-2H3,(H,8,9);4H,1-3,6-7H2,(H,8,9);1-4,6H2,(H,7,8);1-3,5H2,(H,6,7);6H,1-5H2;4H,1-3H2/t2*6-;5-;6-;;;4-;;;;/m1111..0..../s1. The second-order valence-corrected chi connectivity index (χ2v) is 53.9. The predicted molar refractivity (Wildman–Crippen MR) is 545 cm³/mol. The minimum Gasteiger partial charge on any atom is -0.481 e. The number of hydrogen-bond acceptors (Lipinski definition) is 47. The van der Waals surface area contributed by atoms with E-state index in [0.717, 1.165) is 88.7 Å². The third kappa shape index (κ3) is 117. The highest BCUT2D eigenvalue weighted by molar-refractivity contribution is 8.79. The highest BCUT2D eigenvalue weighted by atomic mass is 33.1. The number of aliphatic hydroxyl groups is 2. The highest BCUT2D eigenvalue weighted by Crippen LogP contribution is 2.41. The molecule has 0 aliphatic rings. The maximum atomic E-state index is 10.6. The maximum Gasteiger partial charge on any atom is 0.321 e. The third-order valence-electron chi connectivity index (χ3n) is 11.0. The Morgan fingerprint density at radius 2 is 0.649 bits per heavy atom. The van der Waals surface area contributed by atoms with Crippen molar-refractivity contribution in [3.05, 3.63) is 0 Å². The van der Waals surface area contributed by atoms with E-state index in [1.54, 1.807) is 154 Å². The van der Waals surface area contributed by atoms with Gasteiger partial charge in [-0.05, 0) is 83.1 Å². The summed E-state index contributed by atoms with van der Waals surface area (Å²) in [6.07, 6.45) is 0.241. The first-order valence-electron chi connectivity index (χ1n) is 35.0. The number of nitrogens with two attached hydrogens (primary N) is 18. The quantitative estimate of drug-likeness (QED) is 0.0199. The summed E-state index contributed by atoms with van der Waals surface area (Å²) in [7, 11) is 32.0. The lowest BCUT2D eigenvalue weighted by Crippen LogP contribution is -2.46. The number of aliphatic carboxylic acids is 6. The molecule has 0 amide bonds. The van der Waals surface area contributed by atoms with Gasteiger partial charge >= 0.3 is 35.8 Å². The minimum absolute atomic E-state index is 0.00316. The van der Waals surface area contributed by atoms with Gasteiger partial charge in [-0.2, -0.15) is 12.6 Å². The van der Waals surface area contributed by atoms with Crippen LogP contribution in [0.25, 0.3) is 0 Å². The van der Waals surface area contributed by atoms with Crippen LogP contribution in [0.15, 0.2) is 0 Å². The molecular weight excluding hydrogens is 1880 g/mol. The van der Waals surface area contributed by atoms with E-state index in [0.29, 0.717) is 77.0 Å². The van der Waals surface area contributed by atoms with Gasteiger partial charge < -0.3 is 144 Å². The molecule has 5 atom stereocenters. The summed E-state index contributed by atoms with van der Waals surface area (Å²) in [5.74, 6) is 6.66. The first-order valence-corrected chi connectivity index (χ1v) is 59.4. The normalized spacial score (nSPS) is 12.4. The summed E-state index contributed by atoms with van der Waals surface area (Å²) >= 11 is 3.80. The fourth-order valence-electron chi connectivity index (χ4n) is 3.99. The van der Waals surface area contributed by atoms with Gasteiger partial charge in [0.2, 0.25) is 0 Å². The molecule has 114 heavy (non-hydrogen) atoms. The van der Waals surface area contributed by atoms with Gasteiger partial charge in [0.25, 0.3) is 0 Å². The van der Waals surface area contributed by atoms with E-state index in [1.807, 2.05) is 52.3 Å². The summed E-state index contributed by atoms with van der Waals surface area (Å²) in [4.78, 5) is 61.7. The molecule has 0 bridgehead atoms. The molecule has 0 saturated carbocycles. The number of thiol groups is 1. The summed E-state index contributed by atoms with van der Waals surface area (Å²) in [6, 6.07) is -2.07. The second kappa shape index (κ2) is 100. The molecule has 0 unspecified atom stereocenters. The number of aliphatic hydroxyl groups excluding tert-OH is 2. The molecule has 0 aromatic heterocycles. The van der Waals surface area contributed by atoms with Crippen molar-refractivity contribution in [2.24, 2.45) is 103 Å². The van der Waals surface area contributed by atoms with Crippen LogP contribution in [-0.4, -0.2) is 320 Å². The SMILES string of the molecule is CC(C)(CN)SSCCN.CC(C)(SSCCN)C(=O)O.CC(C)(SSCCN)[C@H](N)C(=O)O.CC(C)(SSCCN)[C@H](N)CC(=O)O.CC(C)(SSCCN)[C@H](N)CN.CC(C)(SSCCN)[C@H](N)CO.NCCS.NCCSSCC(=O)O.NCCSSCCC(=O)O.NCCSSCCO.NCCSSC[C@H](N)C(=O)O. The first kappa shape index (κ1) is 140. The molecule has 0 aliphatic carbocycles. The molecule has 0 aromatic rings. The van der Waals surface area contributed by atoms with Crippen LogP contribution < -0.4 is 103 Å². The summed E-state index contributed by atoms with van der Waals surface area (Å²) in [5.41, 5.74) is 96.9. The van der Waals surface area contributed by atoms with Crippen molar-refractivity contribution < 1.29 is 69.6 Å². The number of rotatable bonds is 58. The largest absolute Gasteiger partial charge is 0.481 e. The van der Waals surface area contributed by atoms with Gasteiger partial charge in [-0.15, -0.1) is 0 Å². The van der Waals surface area contributed by atoms with Gasteiger partial charge in [0, 0.05) is 207 Å². The highest BCUT2D eigenvalue weighted by Gasteiger charge is 2.34. The van der Waals surface area contributed by atoms with E-state index in [-0.39, 0.29) is 68.9 Å². The van der Waals surface area contributed by atoms with Crippen LogP contribution in [-0.2, 0) is 28.8 Å². The molecule has 53 heteroatoms. The van der Waals surface area contributed by atoms with Crippen molar-refractivity contribution in [3.8, 4) is 0 Å². The first-order chi connectivity index (χ1) is 53.1. The zero-order valence-electron chi connectivity index (χ0n) is 68.5. The van der Waals surface area contributed by atoms with Crippen molar-refractivity contribution in [2.75, 3.05) is 185 Å². The Balaban J connectivity index is -0.000000115. The molecule has 0 rings (SSSR count). The van der Waals surface area contributed by atoms with Crippen LogP contribution in [0.5, 0.6) is 0 Å². The Morgan fingerprint density at radius 1 is 0.342 bits per heavy atom. The Morgan fingerprint density at radius 3 is 0.939 bits per heavy atom. The van der Waals surface area contributed by atoms with Crippen LogP contribution in [0.2, 0.25) is 0 Å². The number of hydrogen-bond donors (Lipinski definition) is 27. The van der Waals surface area contributed by atoms with E-state index in [4.69, 9.17) is 144 Å². The van der Waals surface area contributed by atoms with Crippen LogP contribution in [0, 0.1) is 0 Å². The summed E-state index contributed by atoms with van der Waals surface area (Å²) in [6.45, 7) is 32.3.